The summed E-state index contributed by atoms with van der Waals surface area (Å²) < 4.78 is 18.8. The van der Waals surface area contributed by atoms with Crippen LogP contribution in [-0.2, 0) is 6.42 Å². The van der Waals surface area contributed by atoms with Gasteiger partial charge in [-0.2, -0.15) is 0 Å². The Kier molecular flexibility index (Phi) is 4.54. The first kappa shape index (κ1) is 12.5. The molecule has 1 aromatic carbocycles. The zero-order valence-electron chi connectivity index (χ0n) is 8.89. The van der Waals surface area contributed by atoms with Crippen molar-refractivity contribution in [2.75, 3.05) is 13.7 Å². The second-order valence-electron chi connectivity index (χ2n) is 3.60. The number of hydrogen-bond acceptors (Lipinski definition) is 2. The van der Waals surface area contributed by atoms with E-state index in [1.165, 1.54) is 13.2 Å². The third kappa shape index (κ3) is 2.92. The van der Waals surface area contributed by atoms with E-state index in [2.05, 4.69) is 22.9 Å². The quantitative estimate of drug-likeness (QED) is 0.917. The van der Waals surface area contributed by atoms with Crippen LogP contribution in [0.5, 0.6) is 5.75 Å². The standard InChI is InChI=1S/C11H15BrFNO/c1-7(6-14)5-8-3-4-9(13)10(12)11(8)15-2/h3-4,7H,5-6,14H2,1-2H3. The van der Waals surface area contributed by atoms with Crippen LogP contribution in [0.15, 0.2) is 16.6 Å². The Morgan fingerprint density at radius 2 is 2.20 bits per heavy atom. The Morgan fingerprint density at radius 1 is 1.53 bits per heavy atom. The zero-order chi connectivity index (χ0) is 11.4. The van der Waals surface area contributed by atoms with E-state index in [1.54, 1.807) is 6.07 Å². The summed E-state index contributed by atoms with van der Waals surface area (Å²) >= 11 is 3.17. The highest BCUT2D eigenvalue weighted by Crippen LogP contribution is 2.32. The molecule has 0 amide bonds. The molecule has 1 unspecified atom stereocenters. The summed E-state index contributed by atoms with van der Waals surface area (Å²) in [6.07, 6.45) is 0.790. The van der Waals surface area contributed by atoms with E-state index in [0.717, 1.165) is 12.0 Å². The molecule has 0 fully saturated rings. The van der Waals surface area contributed by atoms with Crippen molar-refractivity contribution < 1.29 is 9.13 Å². The topological polar surface area (TPSA) is 35.2 Å². The molecular formula is C11H15BrFNO. The van der Waals surface area contributed by atoms with Crippen LogP contribution >= 0.6 is 15.9 Å². The first-order chi connectivity index (χ1) is 7.10. The van der Waals surface area contributed by atoms with Crippen molar-refractivity contribution in [2.45, 2.75) is 13.3 Å². The fourth-order valence-corrected chi connectivity index (χ4v) is 1.96. The van der Waals surface area contributed by atoms with E-state index in [9.17, 15) is 4.39 Å². The molecule has 0 saturated heterocycles. The number of ether oxygens (including phenoxy) is 1. The normalized spacial score (nSPS) is 12.6. The maximum atomic E-state index is 13.2. The van der Waals surface area contributed by atoms with Crippen LogP contribution in [0.25, 0.3) is 0 Å². The number of hydrogen-bond donors (Lipinski definition) is 1. The minimum Gasteiger partial charge on any atom is -0.495 e. The molecule has 0 aromatic heterocycles. The predicted octanol–water partition coefficient (Wildman–Crippen LogP) is 2.73. The zero-order valence-corrected chi connectivity index (χ0v) is 10.5. The van der Waals surface area contributed by atoms with Crippen LogP contribution in [-0.4, -0.2) is 13.7 Å². The summed E-state index contributed by atoms with van der Waals surface area (Å²) in [6.45, 7) is 2.66. The minimum atomic E-state index is -0.309. The number of benzene rings is 1. The van der Waals surface area contributed by atoms with Crippen LogP contribution in [0.3, 0.4) is 0 Å². The summed E-state index contributed by atoms with van der Waals surface area (Å²) in [5.41, 5.74) is 6.53. The third-order valence-corrected chi connectivity index (χ3v) is 3.05. The monoisotopic (exact) mass is 275 g/mol. The van der Waals surface area contributed by atoms with Gasteiger partial charge in [-0.05, 0) is 46.4 Å². The third-order valence-electron chi connectivity index (χ3n) is 2.31. The second-order valence-corrected chi connectivity index (χ2v) is 4.39. The summed E-state index contributed by atoms with van der Waals surface area (Å²) in [7, 11) is 1.54. The lowest BCUT2D eigenvalue weighted by Gasteiger charge is -2.14. The number of rotatable bonds is 4. The van der Waals surface area contributed by atoms with Gasteiger partial charge in [0.05, 0.1) is 11.6 Å². The molecule has 15 heavy (non-hydrogen) atoms. The van der Waals surface area contributed by atoms with Crippen molar-refractivity contribution in [3.8, 4) is 5.75 Å². The van der Waals surface area contributed by atoms with Gasteiger partial charge in [0.1, 0.15) is 11.6 Å². The number of halogens is 2. The lowest BCUT2D eigenvalue weighted by molar-refractivity contribution is 0.399. The summed E-state index contributed by atoms with van der Waals surface area (Å²) in [5, 5.41) is 0. The van der Waals surface area contributed by atoms with Gasteiger partial charge in [-0.25, -0.2) is 4.39 Å². The Labute approximate surface area is 97.7 Å². The molecular weight excluding hydrogens is 261 g/mol. The van der Waals surface area contributed by atoms with Gasteiger partial charge in [0, 0.05) is 0 Å². The van der Waals surface area contributed by atoms with Crippen molar-refractivity contribution >= 4 is 15.9 Å². The smallest absolute Gasteiger partial charge is 0.141 e. The predicted molar refractivity (Wildman–Crippen MR) is 62.6 cm³/mol. The SMILES string of the molecule is COc1c(CC(C)CN)ccc(F)c1Br. The van der Waals surface area contributed by atoms with Crippen molar-refractivity contribution in [2.24, 2.45) is 11.7 Å². The van der Waals surface area contributed by atoms with Crippen LogP contribution in [0.2, 0.25) is 0 Å². The molecule has 0 aliphatic carbocycles. The maximum Gasteiger partial charge on any atom is 0.141 e. The Morgan fingerprint density at radius 3 is 2.73 bits per heavy atom. The molecule has 0 bridgehead atoms. The fourth-order valence-electron chi connectivity index (χ4n) is 1.41. The number of methoxy groups -OCH3 is 1. The molecule has 0 aliphatic rings. The average molecular weight is 276 g/mol. The number of nitrogens with two attached hydrogens (primary N) is 1. The van der Waals surface area contributed by atoms with Gasteiger partial charge in [0.15, 0.2) is 0 Å². The van der Waals surface area contributed by atoms with Gasteiger partial charge in [-0.15, -0.1) is 0 Å². The Bertz CT molecular complexity index is 344. The van der Waals surface area contributed by atoms with E-state index in [1.807, 2.05) is 0 Å². The molecule has 1 rings (SSSR count). The fraction of sp³-hybridized carbons (Fsp3) is 0.455. The largest absolute Gasteiger partial charge is 0.495 e. The molecule has 2 N–H and O–H groups in total. The second kappa shape index (κ2) is 5.47. The van der Waals surface area contributed by atoms with Gasteiger partial charge < -0.3 is 10.5 Å². The van der Waals surface area contributed by atoms with Crippen molar-refractivity contribution in [3.05, 3.63) is 28.0 Å². The van der Waals surface area contributed by atoms with E-state index >= 15 is 0 Å². The minimum absolute atomic E-state index is 0.309. The van der Waals surface area contributed by atoms with E-state index < -0.39 is 0 Å². The molecule has 0 radical (unpaired) electrons. The molecule has 0 heterocycles. The first-order valence-corrected chi connectivity index (χ1v) is 5.60. The highest BCUT2D eigenvalue weighted by molar-refractivity contribution is 9.10. The van der Waals surface area contributed by atoms with Crippen molar-refractivity contribution in [1.29, 1.82) is 0 Å². The molecule has 0 saturated carbocycles. The van der Waals surface area contributed by atoms with Gasteiger partial charge in [-0.1, -0.05) is 13.0 Å². The van der Waals surface area contributed by atoms with Crippen LogP contribution in [0.4, 0.5) is 4.39 Å². The Balaban J connectivity index is 3.02. The Hall–Kier alpha value is -0.610. The van der Waals surface area contributed by atoms with E-state index in [-0.39, 0.29) is 5.82 Å². The summed E-state index contributed by atoms with van der Waals surface area (Å²) in [4.78, 5) is 0. The van der Waals surface area contributed by atoms with Crippen LogP contribution in [0, 0.1) is 11.7 Å². The van der Waals surface area contributed by atoms with Gasteiger partial charge >= 0.3 is 0 Å². The van der Waals surface area contributed by atoms with Crippen LogP contribution in [0.1, 0.15) is 12.5 Å². The van der Waals surface area contributed by atoms with E-state index in [4.69, 9.17) is 10.5 Å². The molecule has 4 heteroatoms. The van der Waals surface area contributed by atoms with Gasteiger partial charge in [-0.3, -0.25) is 0 Å². The molecule has 2 nitrogen and oxygen atoms in total. The molecule has 0 spiro atoms. The highest BCUT2D eigenvalue weighted by atomic mass is 79.9. The van der Waals surface area contributed by atoms with Gasteiger partial charge in [0.25, 0.3) is 0 Å². The van der Waals surface area contributed by atoms with Crippen molar-refractivity contribution in [3.63, 3.8) is 0 Å². The summed E-state index contributed by atoms with van der Waals surface area (Å²) in [6, 6.07) is 3.18. The molecule has 1 aromatic rings. The van der Waals surface area contributed by atoms with E-state index in [0.29, 0.717) is 22.7 Å². The first-order valence-electron chi connectivity index (χ1n) is 4.81. The highest BCUT2D eigenvalue weighted by Gasteiger charge is 2.13. The molecule has 1 atom stereocenters. The maximum absolute atomic E-state index is 13.2. The summed E-state index contributed by atoms with van der Waals surface area (Å²) in [5.74, 6) is 0.613. The molecule has 84 valence electrons. The molecule has 0 aliphatic heterocycles. The van der Waals surface area contributed by atoms with Crippen molar-refractivity contribution in [1.82, 2.24) is 0 Å². The lowest BCUT2D eigenvalue weighted by Crippen LogP contribution is -2.13. The van der Waals surface area contributed by atoms with Gasteiger partial charge in [0.2, 0.25) is 0 Å². The average Bonchev–Trinajstić information content (AvgIpc) is 2.24. The van der Waals surface area contributed by atoms with Crippen LogP contribution < -0.4 is 10.5 Å². The lowest BCUT2D eigenvalue weighted by atomic mass is 10.0.